The van der Waals surface area contributed by atoms with Gasteiger partial charge in [0, 0.05) is 35.5 Å². The summed E-state index contributed by atoms with van der Waals surface area (Å²) >= 11 is 1.63. The van der Waals surface area contributed by atoms with Crippen LogP contribution in [0.15, 0.2) is 29.2 Å². The average molecular weight is 364 g/mol. The molecule has 1 atom stereocenters. The van der Waals surface area contributed by atoms with Gasteiger partial charge in [-0.15, -0.1) is 11.8 Å². The van der Waals surface area contributed by atoms with Crippen molar-refractivity contribution in [1.29, 1.82) is 0 Å². The normalized spacial score (nSPS) is 17.6. The molecule has 6 nitrogen and oxygen atoms in total. The summed E-state index contributed by atoms with van der Waals surface area (Å²) in [5.41, 5.74) is 0.176. The summed E-state index contributed by atoms with van der Waals surface area (Å²) in [6.07, 6.45) is 2.49. The van der Waals surface area contributed by atoms with Crippen molar-refractivity contribution in [2.75, 3.05) is 17.7 Å². The average Bonchev–Trinajstić information content (AvgIpc) is 2.95. The van der Waals surface area contributed by atoms with Crippen LogP contribution in [0.1, 0.15) is 33.1 Å². The van der Waals surface area contributed by atoms with Gasteiger partial charge in [-0.05, 0) is 50.8 Å². The van der Waals surface area contributed by atoms with Crippen molar-refractivity contribution in [2.24, 2.45) is 5.92 Å². The number of rotatable bonds is 7. The van der Waals surface area contributed by atoms with Gasteiger partial charge in [-0.3, -0.25) is 14.4 Å². The highest BCUT2D eigenvalue weighted by molar-refractivity contribution is 7.98. The Morgan fingerprint density at radius 1 is 1.32 bits per heavy atom. The first kappa shape index (κ1) is 19.3. The van der Waals surface area contributed by atoms with Crippen LogP contribution in [0.25, 0.3) is 0 Å². The van der Waals surface area contributed by atoms with Gasteiger partial charge in [0.1, 0.15) is 0 Å². The Balaban J connectivity index is 1.98. The van der Waals surface area contributed by atoms with Crippen LogP contribution >= 0.6 is 11.8 Å². The van der Waals surface area contributed by atoms with E-state index in [1.54, 1.807) is 30.5 Å². The van der Waals surface area contributed by atoms with Crippen molar-refractivity contribution in [3.8, 4) is 0 Å². The molecule has 2 rings (SSSR count). The summed E-state index contributed by atoms with van der Waals surface area (Å²) in [4.78, 5) is 38.2. The highest BCUT2D eigenvalue weighted by Crippen LogP contribution is 2.27. The van der Waals surface area contributed by atoms with Crippen molar-refractivity contribution in [3.05, 3.63) is 24.3 Å². The van der Waals surface area contributed by atoms with Crippen LogP contribution in [-0.4, -0.2) is 41.2 Å². The second-order valence-corrected chi connectivity index (χ2v) is 7.75. The van der Waals surface area contributed by atoms with Crippen LogP contribution < -0.4 is 10.2 Å². The maximum atomic E-state index is 12.5. The maximum absolute atomic E-state index is 12.5. The van der Waals surface area contributed by atoms with Gasteiger partial charge in [0.05, 0.1) is 5.92 Å². The third-order valence-electron chi connectivity index (χ3n) is 4.31. The van der Waals surface area contributed by atoms with Crippen LogP contribution in [0.5, 0.6) is 0 Å². The van der Waals surface area contributed by atoms with E-state index in [0.29, 0.717) is 13.0 Å². The topological polar surface area (TPSA) is 86.7 Å². The number of aliphatic carboxylic acids is 1. The monoisotopic (exact) mass is 364 g/mol. The lowest BCUT2D eigenvalue weighted by Crippen LogP contribution is -2.46. The Labute approximate surface area is 152 Å². The first-order valence-electron chi connectivity index (χ1n) is 8.20. The molecule has 1 fully saturated rings. The van der Waals surface area contributed by atoms with E-state index in [-0.39, 0.29) is 24.7 Å². The summed E-state index contributed by atoms with van der Waals surface area (Å²) in [5.74, 6) is -1.58. The minimum absolute atomic E-state index is 0.00914. The number of amides is 2. The molecule has 0 aromatic heterocycles. The number of nitrogens with one attached hydrogen (secondary N) is 1. The van der Waals surface area contributed by atoms with Crippen molar-refractivity contribution in [1.82, 2.24) is 5.32 Å². The Morgan fingerprint density at radius 3 is 2.52 bits per heavy atom. The van der Waals surface area contributed by atoms with Crippen LogP contribution in [0.2, 0.25) is 0 Å². The fourth-order valence-corrected chi connectivity index (χ4v) is 3.22. The third-order valence-corrected chi connectivity index (χ3v) is 5.05. The molecule has 136 valence electrons. The molecule has 1 aliphatic heterocycles. The van der Waals surface area contributed by atoms with E-state index >= 15 is 0 Å². The number of carboxylic acid groups (broad SMARTS) is 1. The minimum Gasteiger partial charge on any atom is -0.481 e. The Kier molecular flexibility index (Phi) is 6.11. The summed E-state index contributed by atoms with van der Waals surface area (Å²) in [5, 5.41) is 11.7. The standard InChI is InChI=1S/C18H24N2O4S/c1-18(2,9-8-16(22)23)19-17(24)12-10-15(21)20(11-12)13-4-6-14(25-3)7-5-13/h4-7,12H,8-11H2,1-3H3,(H,19,24)(H,22,23). The maximum Gasteiger partial charge on any atom is 0.303 e. The van der Waals surface area contributed by atoms with Crippen molar-refractivity contribution in [2.45, 2.75) is 43.5 Å². The number of carbonyl (C=O) groups is 3. The van der Waals surface area contributed by atoms with Gasteiger partial charge in [-0.25, -0.2) is 0 Å². The SMILES string of the molecule is CSc1ccc(N2CC(C(=O)NC(C)(C)CCC(=O)O)CC2=O)cc1. The quantitative estimate of drug-likeness (QED) is 0.726. The van der Waals surface area contributed by atoms with E-state index in [1.165, 1.54) is 0 Å². The molecule has 2 amide bonds. The molecule has 0 bridgehead atoms. The van der Waals surface area contributed by atoms with Crippen molar-refractivity contribution >= 4 is 35.2 Å². The van der Waals surface area contributed by atoms with Crippen LogP contribution in [0, 0.1) is 5.92 Å². The minimum atomic E-state index is -0.891. The number of hydrogen-bond donors (Lipinski definition) is 2. The molecule has 2 N–H and O–H groups in total. The molecule has 7 heteroatoms. The van der Waals surface area contributed by atoms with Gasteiger partial charge in [-0.2, -0.15) is 0 Å². The van der Waals surface area contributed by atoms with Crippen LogP contribution in [0.3, 0.4) is 0 Å². The van der Waals surface area contributed by atoms with Gasteiger partial charge in [0.25, 0.3) is 0 Å². The predicted octanol–water partition coefficient (Wildman–Crippen LogP) is 2.52. The summed E-state index contributed by atoms with van der Waals surface area (Å²) in [6.45, 7) is 3.94. The summed E-state index contributed by atoms with van der Waals surface area (Å²) < 4.78 is 0. The van der Waals surface area contributed by atoms with Gasteiger partial charge in [-0.1, -0.05) is 0 Å². The van der Waals surface area contributed by atoms with Crippen molar-refractivity contribution in [3.63, 3.8) is 0 Å². The second kappa shape index (κ2) is 7.91. The molecule has 0 spiro atoms. The summed E-state index contributed by atoms with van der Waals surface area (Å²) in [6, 6.07) is 7.69. The first-order valence-corrected chi connectivity index (χ1v) is 9.42. The zero-order valence-corrected chi connectivity index (χ0v) is 15.6. The molecule has 1 aliphatic rings. The van der Waals surface area contributed by atoms with Crippen molar-refractivity contribution < 1.29 is 19.5 Å². The number of hydrogen-bond acceptors (Lipinski definition) is 4. The number of benzene rings is 1. The molecule has 1 unspecified atom stereocenters. The summed E-state index contributed by atoms with van der Waals surface area (Å²) in [7, 11) is 0. The molecule has 1 aromatic rings. The number of nitrogens with zero attached hydrogens (tertiary/aromatic N) is 1. The van der Waals surface area contributed by atoms with Gasteiger partial charge < -0.3 is 15.3 Å². The number of carbonyl (C=O) groups excluding carboxylic acids is 2. The molecule has 0 radical (unpaired) electrons. The molecule has 1 heterocycles. The lowest BCUT2D eigenvalue weighted by molar-refractivity contribution is -0.138. The lowest BCUT2D eigenvalue weighted by atomic mass is 9.96. The fraction of sp³-hybridized carbons (Fsp3) is 0.500. The van der Waals surface area contributed by atoms with Gasteiger partial charge in [0.2, 0.25) is 11.8 Å². The van der Waals surface area contributed by atoms with E-state index in [2.05, 4.69) is 5.32 Å². The van der Waals surface area contributed by atoms with Crippen LogP contribution in [-0.2, 0) is 14.4 Å². The molecule has 0 aliphatic carbocycles. The van der Waals surface area contributed by atoms with Gasteiger partial charge in [0.15, 0.2) is 0 Å². The molecule has 0 saturated carbocycles. The van der Waals surface area contributed by atoms with E-state index in [4.69, 9.17) is 5.11 Å². The zero-order valence-electron chi connectivity index (χ0n) is 14.7. The predicted molar refractivity (Wildman–Crippen MR) is 97.8 cm³/mol. The first-order chi connectivity index (χ1) is 11.7. The Morgan fingerprint density at radius 2 is 1.96 bits per heavy atom. The molecule has 1 aromatic carbocycles. The third kappa shape index (κ3) is 5.22. The zero-order chi connectivity index (χ0) is 18.6. The number of carboxylic acids is 1. The van der Waals surface area contributed by atoms with Crippen LogP contribution in [0.4, 0.5) is 5.69 Å². The molecular formula is C18H24N2O4S. The number of thioether (sulfide) groups is 1. The Bertz CT molecular complexity index is 658. The molecule has 25 heavy (non-hydrogen) atoms. The van der Waals surface area contributed by atoms with E-state index < -0.39 is 17.4 Å². The highest BCUT2D eigenvalue weighted by atomic mass is 32.2. The molecular weight excluding hydrogens is 340 g/mol. The van der Waals surface area contributed by atoms with Gasteiger partial charge >= 0.3 is 5.97 Å². The van der Waals surface area contributed by atoms with E-state index in [0.717, 1.165) is 10.6 Å². The lowest BCUT2D eigenvalue weighted by Gasteiger charge is -2.27. The van der Waals surface area contributed by atoms with E-state index in [9.17, 15) is 14.4 Å². The smallest absolute Gasteiger partial charge is 0.303 e. The fourth-order valence-electron chi connectivity index (χ4n) is 2.81. The number of anilines is 1. The largest absolute Gasteiger partial charge is 0.481 e. The Hall–Kier alpha value is -2.02. The van der Waals surface area contributed by atoms with E-state index in [1.807, 2.05) is 30.5 Å². The highest BCUT2D eigenvalue weighted by Gasteiger charge is 2.36. The molecule has 1 saturated heterocycles. The second-order valence-electron chi connectivity index (χ2n) is 6.87.